The molecule has 5 rings (SSSR count). The monoisotopic (exact) mass is 607 g/mol. The molecule has 2 amide bonds. The minimum absolute atomic E-state index is 0.0173. The Hall–Kier alpha value is -4.62. The molecule has 0 radical (unpaired) electrons. The van der Waals surface area contributed by atoms with Crippen molar-refractivity contribution in [2.75, 3.05) is 25.0 Å². The van der Waals surface area contributed by atoms with Gasteiger partial charge in [0.1, 0.15) is 6.04 Å². The number of hydrogen-bond acceptors (Lipinski definition) is 3. The van der Waals surface area contributed by atoms with Gasteiger partial charge in [0.2, 0.25) is 5.91 Å². The van der Waals surface area contributed by atoms with Crippen LogP contribution in [0.1, 0.15) is 65.2 Å². The topological polar surface area (TPSA) is 61.4 Å². The number of benzene rings is 4. The Morgan fingerprint density at radius 3 is 2.20 bits per heavy atom. The van der Waals surface area contributed by atoms with Gasteiger partial charge < -0.3 is 10.6 Å². The van der Waals surface area contributed by atoms with Crippen LogP contribution in [-0.2, 0) is 10.7 Å². The highest BCUT2D eigenvalue weighted by molar-refractivity contribution is 6.08. The molecule has 0 spiro atoms. The molecule has 1 unspecified atom stereocenters. The molecule has 1 fully saturated rings. The van der Waals surface area contributed by atoms with Crippen molar-refractivity contribution in [2.24, 2.45) is 0 Å². The van der Waals surface area contributed by atoms with E-state index in [2.05, 4.69) is 34.2 Å². The number of nitrogens with zero attached hydrogens (tertiary/aromatic N) is 1. The molecule has 0 aromatic heterocycles. The van der Waals surface area contributed by atoms with Crippen LogP contribution in [0.2, 0.25) is 0 Å². The second kappa shape index (κ2) is 14.4. The van der Waals surface area contributed by atoms with Crippen LogP contribution in [0.5, 0.6) is 0 Å². The number of nitrogens with one attached hydrogen (secondary N) is 2. The Morgan fingerprint density at radius 1 is 0.911 bits per heavy atom. The summed E-state index contributed by atoms with van der Waals surface area (Å²) in [7, 11) is 0. The number of alkyl halides is 2. The van der Waals surface area contributed by atoms with Gasteiger partial charge in [-0.2, -0.15) is 0 Å². The van der Waals surface area contributed by atoms with Gasteiger partial charge in [-0.3, -0.25) is 14.5 Å². The molecule has 4 aromatic rings. The molecule has 45 heavy (non-hydrogen) atoms. The molecule has 1 saturated heterocycles. The molecule has 4 aromatic carbocycles. The third kappa shape index (κ3) is 7.55. The van der Waals surface area contributed by atoms with E-state index < -0.39 is 5.92 Å². The highest BCUT2D eigenvalue weighted by Crippen LogP contribution is 2.35. The molecule has 1 aliphatic heterocycles. The van der Waals surface area contributed by atoms with Crippen LogP contribution in [0.4, 0.5) is 14.5 Å². The van der Waals surface area contributed by atoms with Crippen molar-refractivity contribution >= 4 is 17.5 Å². The van der Waals surface area contributed by atoms with Crippen molar-refractivity contribution in [1.82, 2.24) is 10.2 Å². The third-order valence-electron chi connectivity index (χ3n) is 8.55. The smallest absolute Gasteiger partial charge is 0.273 e. The van der Waals surface area contributed by atoms with Gasteiger partial charge in [-0.15, -0.1) is 6.58 Å². The van der Waals surface area contributed by atoms with Crippen LogP contribution in [0.25, 0.3) is 11.1 Å². The molecule has 0 aliphatic carbocycles. The van der Waals surface area contributed by atoms with Crippen LogP contribution in [0, 0.1) is 0 Å². The molecule has 1 aliphatic rings. The summed E-state index contributed by atoms with van der Waals surface area (Å²) in [6.45, 7) is 7.18. The number of likely N-dealkylation sites (tertiary alicyclic amines) is 1. The largest absolute Gasteiger partial charge is 0.351 e. The first kappa shape index (κ1) is 31.8. The minimum Gasteiger partial charge on any atom is -0.351 e. The highest BCUT2D eigenvalue weighted by atomic mass is 19.3. The van der Waals surface area contributed by atoms with Crippen LogP contribution in [-0.4, -0.2) is 36.3 Å². The van der Waals surface area contributed by atoms with E-state index in [1.165, 1.54) is 24.6 Å². The Morgan fingerprint density at radius 2 is 1.56 bits per heavy atom. The van der Waals surface area contributed by atoms with Crippen LogP contribution in [0.15, 0.2) is 116 Å². The van der Waals surface area contributed by atoms with Crippen molar-refractivity contribution < 1.29 is 18.4 Å². The van der Waals surface area contributed by atoms with E-state index in [1.807, 2.05) is 54.6 Å². The van der Waals surface area contributed by atoms with E-state index in [-0.39, 0.29) is 29.8 Å². The molecule has 232 valence electrons. The van der Waals surface area contributed by atoms with Crippen LogP contribution < -0.4 is 10.6 Å². The second-order valence-corrected chi connectivity index (χ2v) is 11.4. The lowest BCUT2D eigenvalue weighted by Crippen LogP contribution is -2.44. The first-order chi connectivity index (χ1) is 21.8. The number of carbonyl (C=O) groups is 2. The molecule has 2 N–H and O–H groups in total. The van der Waals surface area contributed by atoms with E-state index in [4.69, 9.17) is 0 Å². The summed E-state index contributed by atoms with van der Waals surface area (Å²) < 4.78 is 28.2. The van der Waals surface area contributed by atoms with E-state index in [1.54, 1.807) is 30.3 Å². The normalized spacial score (nSPS) is 14.8. The van der Waals surface area contributed by atoms with Gasteiger partial charge in [-0.05, 0) is 72.3 Å². The lowest BCUT2D eigenvalue weighted by molar-refractivity contribution is -0.127. The maximum Gasteiger partial charge on any atom is 0.273 e. The van der Waals surface area contributed by atoms with Crippen molar-refractivity contribution in [3.8, 4) is 11.1 Å². The molecular weight excluding hydrogens is 568 g/mol. The average molecular weight is 608 g/mol. The van der Waals surface area contributed by atoms with Gasteiger partial charge in [0.25, 0.3) is 11.8 Å². The predicted molar refractivity (Wildman–Crippen MR) is 176 cm³/mol. The second-order valence-electron chi connectivity index (χ2n) is 11.4. The molecule has 0 bridgehead atoms. The molecule has 1 atom stereocenters. The number of carbonyl (C=O) groups excluding carboxylic acids is 2. The maximum atomic E-state index is 14.1. The predicted octanol–water partition coefficient (Wildman–Crippen LogP) is 8.33. The summed E-state index contributed by atoms with van der Waals surface area (Å²) in [4.78, 5) is 28.7. The summed E-state index contributed by atoms with van der Waals surface area (Å²) >= 11 is 0. The standard InChI is InChI=1S/C38H39F2N3O2/c1-3-24-41-37(45)35(30-10-6-5-7-11-30)43-25-22-28(23-26-43)27-16-20-32(21-17-27)42-36(44)34-13-9-8-12-33(34)29-14-18-31(19-15-29)38(39,40)4-2/h3,5-21,28,35H,1,4,22-26H2,2H3,(H,41,45)(H,42,44). The minimum atomic E-state index is -2.88. The fourth-order valence-electron chi connectivity index (χ4n) is 5.99. The van der Waals surface area contributed by atoms with Crippen LogP contribution >= 0.6 is 0 Å². The summed E-state index contributed by atoms with van der Waals surface area (Å²) in [5.41, 5.74) is 4.67. The van der Waals surface area contributed by atoms with Crippen molar-refractivity contribution in [3.63, 3.8) is 0 Å². The van der Waals surface area contributed by atoms with Gasteiger partial charge in [0.15, 0.2) is 0 Å². The summed E-state index contributed by atoms with van der Waals surface area (Å²) in [6, 6.07) is 30.8. The number of amides is 2. The number of piperidine rings is 1. The zero-order valence-electron chi connectivity index (χ0n) is 25.5. The lowest BCUT2D eigenvalue weighted by atomic mass is 9.88. The van der Waals surface area contributed by atoms with Crippen molar-refractivity contribution in [3.05, 3.63) is 138 Å². The van der Waals surface area contributed by atoms with E-state index in [0.29, 0.717) is 34.8 Å². The number of hydrogen-bond donors (Lipinski definition) is 2. The van der Waals surface area contributed by atoms with E-state index >= 15 is 0 Å². The van der Waals surface area contributed by atoms with Crippen molar-refractivity contribution in [1.29, 1.82) is 0 Å². The fraction of sp³-hybridized carbons (Fsp3) is 0.263. The fourth-order valence-corrected chi connectivity index (χ4v) is 5.99. The average Bonchev–Trinajstić information content (AvgIpc) is 3.08. The Kier molecular flexibility index (Phi) is 10.2. The van der Waals surface area contributed by atoms with Gasteiger partial charge in [0, 0.05) is 29.8 Å². The number of anilines is 1. The summed E-state index contributed by atoms with van der Waals surface area (Å²) in [6.07, 6.45) is 3.25. The lowest BCUT2D eigenvalue weighted by Gasteiger charge is -2.37. The van der Waals surface area contributed by atoms with Crippen molar-refractivity contribution in [2.45, 2.75) is 44.1 Å². The number of rotatable bonds is 11. The first-order valence-corrected chi connectivity index (χ1v) is 15.5. The highest BCUT2D eigenvalue weighted by Gasteiger charge is 2.31. The van der Waals surface area contributed by atoms with Gasteiger partial charge in [-0.25, -0.2) is 8.78 Å². The summed E-state index contributed by atoms with van der Waals surface area (Å²) in [5, 5.41) is 5.96. The zero-order valence-corrected chi connectivity index (χ0v) is 25.5. The number of halogens is 2. The quantitative estimate of drug-likeness (QED) is 0.169. The Bertz CT molecular complexity index is 1600. The molecule has 5 nitrogen and oxygen atoms in total. The van der Waals surface area contributed by atoms with Gasteiger partial charge in [0.05, 0.1) is 0 Å². The molecule has 1 heterocycles. The summed E-state index contributed by atoms with van der Waals surface area (Å²) in [5.74, 6) is -2.82. The molecular formula is C38H39F2N3O2. The molecule has 7 heteroatoms. The maximum absolute atomic E-state index is 14.1. The Balaban J connectivity index is 1.23. The first-order valence-electron chi connectivity index (χ1n) is 15.5. The molecule has 0 saturated carbocycles. The van der Waals surface area contributed by atoms with Gasteiger partial charge in [-0.1, -0.05) is 97.9 Å². The SMILES string of the molecule is C=CCNC(=O)C(c1ccccc1)N1CCC(c2ccc(NC(=O)c3ccccc3-c3ccc(C(F)(F)CC)cc3)cc2)CC1. The van der Waals surface area contributed by atoms with Gasteiger partial charge >= 0.3 is 0 Å². The zero-order chi connectivity index (χ0) is 31.8. The third-order valence-corrected chi connectivity index (χ3v) is 8.55. The Labute approximate surface area is 264 Å². The van der Waals surface area contributed by atoms with Crippen LogP contribution in [0.3, 0.4) is 0 Å². The van der Waals surface area contributed by atoms with E-state index in [0.717, 1.165) is 31.5 Å². The van der Waals surface area contributed by atoms with E-state index in [9.17, 15) is 18.4 Å².